The van der Waals surface area contributed by atoms with E-state index in [0.29, 0.717) is 19.1 Å². The number of rotatable bonds is 0. The number of allylic oxidation sites excluding steroid dienone is 2. The number of anilines is 1. The molecule has 0 radical (unpaired) electrons. The second-order valence-corrected chi connectivity index (χ2v) is 27.8. The maximum absolute atomic E-state index is 10.8. The maximum atomic E-state index is 10.8. The van der Waals surface area contributed by atoms with Crippen molar-refractivity contribution in [2.45, 2.75) is 218 Å². The Balaban J connectivity index is 0.000000781. The van der Waals surface area contributed by atoms with Gasteiger partial charge in [-0.05, 0) is 157 Å². The molecular weight excluding hydrogens is 1850 g/mol. The molecule has 0 saturated heterocycles. The zero-order chi connectivity index (χ0) is 109. The third kappa shape index (κ3) is 48.1. The van der Waals surface area contributed by atoms with Crippen LogP contribution in [0.25, 0.3) is 76.2 Å². The van der Waals surface area contributed by atoms with Crippen LogP contribution in [-0.4, -0.2) is 72.3 Å². The molecule has 7 aliphatic rings. The number of hydrogen-bond donors (Lipinski definition) is 4. The first kappa shape index (κ1) is 129. The summed E-state index contributed by atoms with van der Waals surface area (Å²) in [6, 6.07) is 101. The van der Waals surface area contributed by atoms with E-state index >= 15 is 0 Å². The number of aromatic amines is 3. The number of nitrogens with zero attached hydrogens (tertiary/aromatic N) is 7. The van der Waals surface area contributed by atoms with Crippen molar-refractivity contribution in [2.24, 2.45) is 16.1 Å². The van der Waals surface area contributed by atoms with Crippen molar-refractivity contribution in [1.29, 1.82) is 0 Å². The van der Waals surface area contributed by atoms with Gasteiger partial charge in [-0.1, -0.05) is 398 Å². The van der Waals surface area contributed by atoms with Crippen LogP contribution >= 0.6 is 11.3 Å². The number of esters is 1. The summed E-state index contributed by atoms with van der Waals surface area (Å²) >= 11 is 1.68. The van der Waals surface area contributed by atoms with Crippen LogP contribution in [0.1, 0.15) is 209 Å². The number of azo groups is 1. The number of fused-ring (bicyclic) bond motifs is 13. The van der Waals surface area contributed by atoms with Gasteiger partial charge in [0, 0.05) is 46.3 Å². The monoisotopic (exact) mass is 2010 g/mol. The third-order valence-electron chi connectivity index (χ3n) is 18.9. The highest BCUT2D eigenvalue weighted by molar-refractivity contribution is 7.16. The number of carbonyl (C=O) groups is 1. The predicted molar refractivity (Wildman–Crippen MR) is 626 cm³/mol. The Morgan fingerprint density at radius 3 is 1.48 bits per heavy atom. The summed E-state index contributed by atoms with van der Waals surface area (Å²) in [6.45, 7) is 54.6. The lowest BCUT2D eigenvalue weighted by Crippen LogP contribution is -2.26. The van der Waals surface area contributed by atoms with Crippen LogP contribution in [-0.2, 0) is 35.3 Å². The summed E-state index contributed by atoms with van der Waals surface area (Å²) in [7, 11) is 0. The number of aromatic nitrogens is 8. The maximum Gasteiger partial charge on any atom is 0.417 e. The summed E-state index contributed by atoms with van der Waals surface area (Å²) < 4.78 is 41.8. The van der Waals surface area contributed by atoms with Gasteiger partial charge in [-0.3, -0.25) is 15.1 Å². The Labute approximate surface area is 879 Å². The molecule has 2 aliphatic carbocycles. The normalized spacial score (nSPS) is 11.9. The smallest absolute Gasteiger partial charge is 0.417 e. The summed E-state index contributed by atoms with van der Waals surface area (Å²) in [5, 5.41) is 21.2. The van der Waals surface area contributed by atoms with E-state index in [1.54, 1.807) is 47.2 Å². The first-order valence-corrected chi connectivity index (χ1v) is 53.1. The number of furan rings is 1. The van der Waals surface area contributed by atoms with E-state index in [1.165, 1.54) is 52.9 Å². The van der Waals surface area contributed by atoms with Gasteiger partial charge in [0.15, 0.2) is 35.8 Å². The summed E-state index contributed by atoms with van der Waals surface area (Å²) in [5.74, 6) is 3.31. The molecule has 4 N–H and O–H groups in total. The molecule has 19 aromatic rings. The fourth-order valence-electron chi connectivity index (χ4n) is 12.8. The third-order valence-corrected chi connectivity index (χ3v) is 19.7. The van der Waals surface area contributed by atoms with Gasteiger partial charge >= 0.3 is 11.7 Å². The molecule has 2 atom stereocenters. The molecule has 0 saturated carbocycles. The fourth-order valence-corrected chi connectivity index (χ4v) is 13.5. The highest BCUT2D eigenvalue weighted by atomic mass is 32.1. The van der Waals surface area contributed by atoms with Crippen LogP contribution in [0, 0.1) is 5.92 Å². The van der Waals surface area contributed by atoms with Gasteiger partial charge in [0.05, 0.1) is 86.6 Å². The van der Waals surface area contributed by atoms with Gasteiger partial charge in [0.25, 0.3) is 0 Å². The quantitative estimate of drug-likeness (QED) is 0.103. The van der Waals surface area contributed by atoms with Gasteiger partial charge in [0.1, 0.15) is 28.7 Å². The molecule has 147 heavy (non-hydrogen) atoms. The van der Waals surface area contributed by atoms with Crippen molar-refractivity contribution in [1.82, 2.24) is 40.1 Å². The van der Waals surface area contributed by atoms with Crippen molar-refractivity contribution in [3.63, 3.8) is 0 Å². The molecule has 21 nitrogen and oxygen atoms in total. The molecule has 0 amide bonds. The number of nitrogens with one attached hydrogen (secondary N) is 4. The van der Waals surface area contributed by atoms with E-state index in [2.05, 4.69) is 110 Å². The fraction of sp³-hybridized carbons (Fsp3) is 0.288. The number of carbonyl (C=O) groups excluding carboxylic acids is 1. The Bertz CT molecular complexity index is 5690. The van der Waals surface area contributed by atoms with Crippen LogP contribution in [0.2, 0.25) is 0 Å². The van der Waals surface area contributed by atoms with E-state index in [9.17, 15) is 9.59 Å². The molecule has 26 rings (SSSR count). The summed E-state index contributed by atoms with van der Waals surface area (Å²) in [4.78, 5) is 43.2. The van der Waals surface area contributed by atoms with Crippen LogP contribution in [0.4, 0.5) is 11.4 Å². The van der Waals surface area contributed by atoms with Gasteiger partial charge in [-0.15, -0.1) is 11.3 Å². The average Bonchev–Trinajstić information content (AvgIpc) is 1.68. The molecule has 0 fully saturated rings. The van der Waals surface area contributed by atoms with Gasteiger partial charge < -0.3 is 47.2 Å². The minimum absolute atomic E-state index is 0.0718. The van der Waals surface area contributed by atoms with Gasteiger partial charge in [0.2, 0.25) is 6.79 Å². The number of oxazole rings is 2. The van der Waals surface area contributed by atoms with E-state index < -0.39 is 5.76 Å². The predicted octanol–water partition coefficient (Wildman–Crippen LogP) is 36.5. The van der Waals surface area contributed by atoms with Crippen LogP contribution in [0.3, 0.4) is 0 Å². The number of benzene rings is 12. The van der Waals surface area contributed by atoms with E-state index in [0.717, 1.165) is 115 Å². The molecule has 0 spiro atoms. The van der Waals surface area contributed by atoms with Crippen molar-refractivity contribution in [2.75, 3.05) is 25.4 Å². The largest absolute Gasteiger partial charge is 0.493 e. The van der Waals surface area contributed by atoms with Crippen LogP contribution in [0.5, 0.6) is 23.0 Å². The van der Waals surface area contributed by atoms with E-state index in [1.807, 2.05) is 471 Å². The zero-order valence-electron chi connectivity index (χ0n) is 91.8. The van der Waals surface area contributed by atoms with Gasteiger partial charge in [-0.25, -0.2) is 24.5 Å². The second-order valence-electron chi connectivity index (χ2n) is 27.0. The Morgan fingerprint density at radius 1 is 0.374 bits per heavy atom. The van der Waals surface area contributed by atoms with Crippen molar-refractivity contribution in [3.05, 3.63) is 416 Å². The molecule has 22 heteroatoms. The summed E-state index contributed by atoms with van der Waals surface area (Å²) in [6.07, 6.45) is 24.6. The highest BCUT2D eigenvalue weighted by Crippen LogP contribution is 2.32. The SMILES string of the molecule is CC.CC.CC.CC.CC.CC.CC.CC.CC.CC.CC.CC.CC.O=C1C=CC2C=CC=CC2O1.O=c1[nH]c2ccccc2o1.c1ccc2[nH]cnc2c1.c1ccc2[nH]ncc2c1.c1ccc2c(c1)CCC2.c1ccc2c(c1)CCO2.c1ccc2c(c1)CN=N2.c1ccc2c(c1)NCO2.c1ccc2c(c1)OCO2.c1ccc2ncccc2c1.c1ccc2occc2c1.c1ccc2ocnc2c1.c1ccc2scnc2c1. The molecule has 2 unspecified atom stereocenters. The number of imidazole rings is 1. The number of para-hydroxylation sites is 15. The van der Waals surface area contributed by atoms with Crippen molar-refractivity contribution >= 4 is 105 Å². The number of pyridine rings is 1. The number of ether oxygens (including phenoxy) is 5. The Morgan fingerprint density at radius 2 is 0.884 bits per heavy atom. The lowest BCUT2D eigenvalue weighted by Gasteiger charge is -2.23. The molecule has 12 heterocycles. The molecule has 7 aromatic heterocycles. The lowest BCUT2D eigenvalue weighted by molar-refractivity contribution is -0.143. The second kappa shape index (κ2) is 86.0. The minimum Gasteiger partial charge on any atom is -0.493 e. The molecule has 12 aromatic carbocycles. The molecule has 0 bridgehead atoms. The standard InChI is InChI=1S/C9H7N.C9H8O2.C9H10.C8H8O.C8H6O.3C7H6N2.C7H5NO2.C7H7NO.C7H5NO.C7H5NS.C7H6O2.13C2H6/c1-2-6-9-8(4-1)5-3-7-10-9;10-9-6-5-7-3-1-2-4-8(7)11-9;1-2-5-9-7-3-6-8(9)4-1;2*1-2-4-8-7(3-1)5-6-9-8;1-2-4-7-6(3-1)8-5-9-7;2*1-2-4-7-6(3-1)5-8-9-7;9-7-8-5-3-1-2-4-6(5)10-7;4*1-2-4-7-6(3-1)8-5-9-7;13*1-2/h1-7H;1-8H;1-2,4-5H,3,6-7H2;1-4H,5-6H2;1-6H;1-5H,(H,8,9);1-4H,5H2;1-5H,(H,8,9);1-4H,(H,8,9);1-4,8H,5H2;2*1-5H;1-4H,5H2;13*1-2H3. The number of H-pyrrole nitrogens is 3. The number of hydrogen-bond acceptors (Lipinski definition) is 19. The number of aryl methyl sites for hydroxylation is 2. The molecule has 784 valence electrons. The topological polar surface area (TPSA) is 268 Å². The zero-order valence-corrected chi connectivity index (χ0v) is 92.6. The molecular formula is C125H163N11O10S. The molecule has 5 aliphatic heterocycles. The van der Waals surface area contributed by atoms with Gasteiger partial charge in [-0.2, -0.15) is 15.3 Å². The lowest BCUT2D eigenvalue weighted by atomic mass is 9.95. The van der Waals surface area contributed by atoms with Crippen molar-refractivity contribution in [3.8, 4) is 23.0 Å². The van der Waals surface area contributed by atoms with E-state index in [4.69, 9.17) is 36.9 Å². The first-order chi connectivity index (χ1) is 72.8. The van der Waals surface area contributed by atoms with Crippen LogP contribution in [0.15, 0.2) is 411 Å². The van der Waals surface area contributed by atoms with E-state index in [-0.39, 0.29) is 18.0 Å². The Kier molecular flexibility index (Phi) is 75.7. The first-order valence-electron chi connectivity index (χ1n) is 52.3. The number of thiazole rings is 1. The van der Waals surface area contributed by atoms with Crippen LogP contribution < -0.4 is 30.0 Å². The Hall–Kier alpha value is -15.6. The summed E-state index contributed by atoms with van der Waals surface area (Å²) in [5.41, 5.74) is 19.1. The highest BCUT2D eigenvalue weighted by Gasteiger charge is 2.23. The van der Waals surface area contributed by atoms with Crippen molar-refractivity contribution < 1.29 is 41.7 Å². The minimum atomic E-state index is -0.402. The average molecular weight is 2010 g/mol.